The van der Waals surface area contributed by atoms with E-state index in [1.54, 1.807) is 12.1 Å². The lowest BCUT2D eigenvalue weighted by Gasteiger charge is -2.17. The van der Waals surface area contributed by atoms with E-state index in [0.717, 1.165) is 11.1 Å². The molecule has 1 aliphatic rings. The van der Waals surface area contributed by atoms with Gasteiger partial charge in [-0.3, -0.25) is 0 Å². The Kier molecular flexibility index (Phi) is 2.28. The van der Waals surface area contributed by atoms with E-state index >= 15 is 0 Å². The first-order valence-corrected chi connectivity index (χ1v) is 4.67. The highest BCUT2D eigenvalue weighted by molar-refractivity contribution is 5.44. The Bertz CT molecular complexity index is 352. The van der Waals surface area contributed by atoms with Crippen LogP contribution in [0.1, 0.15) is 17.2 Å². The summed E-state index contributed by atoms with van der Waals surface area (Å²) < 4.78 is 0. The van der Waals surface area contributed by atoms with Gasteiger partial charge in [0.1, 0.15) is 5.69 Å². The Balaban J connectivity index is 2.41. The molecule has 2 rings (SSSR count). The van der Waals surface area contributed by atoms with Gasteiger partial charge in [-0.25, -0.2) is 0 Å². The Labute approximate surface area is 82.5 Å². The van der Waals surface area contributed by atoms with Gasteiger partial charge in [0.05, 0.1) is 19.2 Å². The average molecular weight is 194 g/mol. The molecule has 0 aromatic heterocycles. The number of aliphatic hydroxyl groups is 1. The molecule has 0 amide bonds. The summed E-state index contributed by atoms with van der Waals surface area (Å²) in [6, 6.07) is 5.11. The second-order valence-corrected chi connectivity index (χ2v) is 3.77. The number of quaternary nitrogens is 1. The van der Waals surface area contributed by atoms with Gasteiger partial charge in [-0.2, -0.15) is 0 Å². The fourth-order valence-corrected chi connectivity index (χ4v) is 1.87. The van der Waals surface area contributed by atoms with Crippen LogP contribution in [0.3, 0.4) is 0 Å². The SMILES string of the molecule is C[NH+]([O-])c1ccc2c(c1)C(N)[C@@H](O)C2. The number of aliphatic hydroxyl groups excluding tert-OH is 1. The summed E-state index contributed by atoms with van der Waals surface area (Å²) in [6.07, 6.45) is 0.0847. The van der Waals surface area contributed by atoms with Crippen molar-refractivity contribution in [2.24, 2.45) is 5.73 Å². The summed E-state index contributed by atoms with van der Waals surface area (Å²) in [7, 11) is 1.53. The maximum atomic E-state index is 11.1. The smallest absolute Gasteiger partial charge is 0.131 e. The fourth-order valence-electron chi connectivity index (χ4n) is 1.87. The zero-order valence-corrected chi connectivity index (χ0v) is 8.03. The number of hydrogen-bond acceptors (Lipinski definition) is 3. The van der Waals surface area contributed by atoms with Crippen molar-refractivity contribution in [3.63, 3.8) is 0 Å². The van der Waals surface area contributed by atoms with Crippen LogP contribution >= 0.6 is 0 Å². The van der Waals surface area contributed by atoms with Crippen LogP contribution in [-0.4, -0.2) is 18.3 Å². The third-order valence-electron chi connectivity index (χ3n) is 2.76. The number of hydroxylamine groups is 1. The van der Waals surface area contributed by atoms with Gasteiger partial charge in [-0.1, -0.05) is 6.07 Å². The van der Waals surface area contributed by atoms with E-state index in [-0.39, 0.29) is 11.1 Å². The van der Waals surface area contributed by atoms with E-state index < -0.39 is 6.10 Å². The largest absolute Gasteiger partial charge is 0.629 e. The molecule has 0 fully saturated rings. The molecule has 3 atom stereocenters. The second kappa shape index (κ2) is 3.33. The lowest BCUT2D eigenvalue weighted by atomic mass is 10.1. The third kappa shape index (κ3) is 1.42. The number of nitrogens with one attached hydrogen (secondary N) is 1. The molecule has 1 aliphatic carbocycles. The quantitative estimate of drug-likeness (QED) is 0.515. The zero-order chi connectivity index (χ0) is 10.3. The van der Waals surface area contributed by atoms with Crippen molar-refractivity contribution in [3.8, 4) is 0 Å². The number of hydrogen-bond donors (Lipinski definition) is 3. The summed E-state index contributed by atoms with van der Waals surface area (Å²) in [4.78, 5) is 0. The van der Waals surface area contributed by atoms with Gasteiger partial charge in [0, 0.05) is 12.5 Å². The van der Waals surface area contributed by atoms with Crippen LogP contribution in [0.25, 0.3) is 0 Å². The molecular weight excluding hydrogens is 180 g/mol. The van der Waals surface area contributed by atoms with Gasteiger partial charge in [-0.05, 0) is 17.2 Å². The minimum atomic E-state index is -0.507. The van der Waals surface area contributed by atoms with Crippen molar-refractivity contribution in [1.82, 2.24) is 0 Å². The van der Waals surface area contributed by atoms with Gasteiger partial charge in [-0.15, -0.1) is 0 Å². The van der Waals surface area contributed by atoms with E-state index in [1.807, 2.05) is 6.07 Å². The Morgan fingerprint density at radius 3 is 2.93 bits per heavy atom. The van der Waals surface area contributed by atoms with Crippen molar-refractivity contribution in [2.45, 2.75) is 18.6 Å². The van der Waals surface area contributed by atoms with Crippen LogP contribution < -0.4 is 10.8 Å². The molecule has 76 valence electrons. The average Bonchev–Trinajstić information content (AvgIpc) is 2.43. The molecule has 1 aromatic carbocycles. The van der Waals surface area contributed by atoms with E-state index in [4.69, 9.17) is 5.73 Å². The van der Waals surface area contributed by atoms with Crippen molar-refractivity contribution < 1.29 is 10.2 Å². The molecule has 0 bridgehead atoms. The predicted octanol–water partition coefficient (Wildman–Crippen LogP) is -0.753. The van der Waals surface area contributed by atoms with Gasteiger partial charge < -0.3 is 21.1 Å². The molecule has 4 nitrogen and oxygen atoms in total. The predicted molar refractivity (Wildman–Crippen MR) is 53.0 cm³/mol. The molecular formula is C10H14N2O2. The first-order chi connectivity index (χ1) is 6.59. The van der Waals surface area contributed by atoms with Crippen LogP contribution in [0.15, 0.2) is 18.2 Å². The molecule has 0 aliphatic heterocycles. The summed E-state index contributed by atoms with van der Waals surface area (Å²) in [6.45, 7) is 0. The van der Waals surface area contributed by atoms with E-state index in [9.17, 15) is 10.3 Å². The van der Waals surface area contributed by atoms with Crippen molar-refractivity contribution in [2.75, 3.05) is 7.05 Å². The van der Waals surface area contributed by atoms with Crippen LogP contribution in [-0.2, 0) is 6.42 Å². The summed E-state index contributed by atoms with van der Waals surface area (Å²) >= 11 is 0. The highest BCUT2D eigenvalue weighted by atomic mass is 16.5. The first-order valence-electron chi connectivity index (χ1n) is 4.67. The van der Waals surface area contributed by atoms with Crippen LogP contribution in [0.2, 0.25) is 0 Å². The lowest BCUT2D eigenvalue weighted by Crippen LogP contribution is -2.98. The maximum Gasteiger partial charge on any atom is 0.131 e. The van der Waals surface area contributed by atoms with Crippen LogP contribution in [0.4, 0.5) is 5.69 Å². The molecule has 0 spiro atoms. The van der Waals surface area contributed by atoms with Crippen molar-refractivity contribution in [3.05, 3.63) is 34.5 Å². The van der Waals surface area contributed by atoms with Gasteiger partial charge in [0.15, 0.2) is 0 Å². The molecule has 1 aromatic rings. The normalized spacial score (nSPS) is 27.4. The molecule has 0 saturated heterocycles. The van der Waals surface area contributed by atoms with Crippen LogP contribution in [0, 0.1) is 5.21 Å². The third-order valence-corrected chi connectivity index (χ3v) is 2.76. The Morgan fingerprint density at radius 2 is 2.29 bits per heavy atom. The number of benzene rings is 1. The number of fused-ring (bicyclic) bond motifs is 1. The van der Waals surface area contributed by atoms with Gasteiger partial charge in [0.25, 0.3) is 0 Å². The van der Waals surface area contributed by atoms with Crippen molar-refractivity contribution >= 4 is 5.69 Å². The minimum Gasteiger partial charge on any atom is -0.629 e. The van der Waals surface area contributed by atoms with E-state index in [2.05, 4.69) is 0 Å². The summed E-state index contributed by atoms with van der Waals surface area (Å²) in [5, 5.41) is 20.7. The van der Waals surface area contributed by atoms with E-state index in [1.165, 1.54) is 7.05 Å². The Hall–Kier alpha value is -0.940. The van der Waals surface area contributed by atoms with Gasteiger partial charge >= 0.3 is 0 Å². The molecule has 0 heterocycles. The molecule has 2 unspecified atom stereocenters. The zero-order valence-electron chi connectivity index (χ0n) is 8.03. The molecule has 4 heteroatoms. The lowest BCUT2D eigenvalue weighted by molar-refractivity contribution is -0.751. The number of rotatable bonds is 1. The Morgan fingerprint density at radius 1 is 1.57 bits per heavy atom. The minimum absolute atomic E-state index is 0.0291. The monoisotopic (exact) mass is 194 g/mol. The highest BCUT2D eigenvalue weighted by Crippen LogP contribution is 2.30. The second-order valence-electron chi connectivity index (χ2n) is 3.77. The standard InChI is InChI=1S/C10H14N2O2/c1-12(14)7-3-2-6-4-9(13)10(11)8(6)5-7/h2-3,5,9-10,12-13H,4,11H2,1H3/t9-,10?/m0/s1. The van der Waals surface area contributed by atoms with Crippen molar-refractivity contribution in [1.29, 1.82) is 0 Å². The van der Waals surface area contributed by atoms with Gasteiger partial charge in [0.2, 0.25) is 0 Å². The molecule has 0 saturated carbocycles. The maximum absolute atomic E-state index is 11.1. The summed E-state index contributed by atoms with van der Waals surface area (Å²) in [5.74, 6) is 0. The summed E-state index contributed by atoms with van der Waals surface area (Å²) in [5.41, 5.74) is 8.42. The topological polar surface area (TPSA) is 73.8 Å². The molecule has 14 heavy (non-hydrogen) atoms. The molecule has 0 radical (unpaired) electrons. The van der Waals surface area contributed by atoms with E-state index in [0.29, 0.717) is 12.1 Å². The highest BCUT2D eigenvalue weighted by Gasteiger charge is 2.28. The first kappa shape index (κ1) is 9.61. The van der Waals surface area contributed by atoms with Crippen LogP contribution in [0.5, 0.6) is 0 Å². The fraction of sp³-hybridized carbons (Fsp3) is 0.400. The number of nitrogens with two attached hydrogens (primary N) is 1. The molecule has 4 N–H and O–H groups in total.